The highest BCUT2D eigenvalue weighted by atomic mass is 32.2. The highest BCUT2D eigenvalue weighted by molar-refractivity contribution is 7.99. The molecule has 0 aliphatic heterocycles. The number of thioether (sulfide) groups is 1. The van der Waals surface area contributed by atoms with Crippen LogP contribution in [0.4, 0.5) is 18.9 Å². The normalized spacial score (nSPS) is 12.2. The van der Waals surface area contributed by atoms with Crippen molar-refractivity contribution in [3.8, 4) is 0 Å². The number of hydrogen-bond acceptors (Lipinski definition) is 5. The molecule has 1 atom stereocenters. The molecule has 0 saturated heterocycles. The van der Waals surface area contributed by atoms with Crippen LogP contribution in [0.5, 0.6) is 0 Å². The topological polar surface area (TPSA) is 63.1 Å². The molecule has 1 N–H and O–H groups in total. The fourth-order valence-electron chi connectivity index (χ4n) is 3.29. The number of rotatable bonds is 9. The first-order chi connectivity index (χ1) is 15.3. The minimum atomic E-state index is -1.63. The van der Waals surface area contributed by atoms with Gasteiger partial charge in [0.25, 0.3) is 0 Å². The second-order valence-corrected chi connectivity index (χ2v) is 8.30. The van der Waals surface area contributed by atoms with Gasteiger partial charge < -0.3 is 9.88 Å². The lowest BCUT2D eigenvalue weighted by Gasteiger charge is -2.23. The Bertz CT molecular complexity index is 1070. The second kappa shape index (κ2) is 10.6. The fraction of sp³-hybridized carbons (Fsp3) is 0.318. The van der Waals surface area contributed by atoms with E-state index in [2.05, 4.69) is 27.3 Å². The lowest BCUT2D eigenvalue weighted by atomic mass is 10.2. The van der Waals surface area contributed by atoms with E-state index in [4.69, 9.17) is 0 Å². The van der Waals surface area contributed by atoms with Crippen LogP contribution in [0.25, 0.3) is 0 Å². The van der Waals surface area contributed by atoms with Crippen molar-refractivity contribution >= 4 is 23.4 Å². The van der Waals surface area contributed by atoms with Gasteiger partial charge in [0.15, 0.2) is 28.4 Å². The van der Waals surface area contributed by atoms with Gasteiger partial charge in [-0.2, -0.15) is 0 Å². The van der Waals surface area contributed by atoms with Crippen molar-refractivity contribution in [3.05, 3.63) is 71.3 Å². The highest BCUT2D eigenvalue weighted by Crippen LogP contribution is 2.27. The van der Waals surface area contributed by atoms with Crippen LogP contribution in [0, 0.1) is 17.5 Å². The molecule has 0 spiro atoms. The van der Waals surface area contributed by atoms with Crippen LogP contribution in [-0.4, -0.2) is 45.4 Å². The Labute approximate surface area is 188 Å². The number of benzene rings is 2. The molecule has 0 radical (unpaired) electrons. The van der Waals surface area contributed by atoms with Crippen molar-refractivity contribution in [2.45, 2.75) is 31.1 Å². The summed E-state index contributed by atoms with van der Waals surface area (Å²) in [6, 6.07) is 11.6. The van der Waals surface area contributed by atoms with E-state index in [-0.39, 0.29) is 11.8 Å². The summed E-state index contributed by atoms with van der Waals surface area (Å²) in [5.74, 6) is -4.29. The Morgan fingerprint density at radius 1 is 1.09 bits per heavy atom. The number of hydrogen-bond donors (Lipinski definition) is 1. The number of nitrogens with zero attached hydrogens (tertiary/aromatic N) is 4. The van der Waals surface area contributed by atoms with Crippen LogP contribution in [-0.2, 0) is 11.3 Å². The summed E-state index contributed by atoms with van der Waals surface area (Å²) in [6.07, 6.45) is 0.820. The maximum atomic E-state index is 13.8. The quantitative estimate of drug-likeness (QED) is 0.374. The third-order valence-electron chi connectivity index (χ3n) is 4.88. The summed E-state index contributed by atoms with van der Waals surface area (Å²) in [5, 5.41) is 11.4. The number of anilines is 1. The smallest absolute Gasteiger partial charge is 0.234 e. The van der Waals surface area contributed by atoms with Gasteiger partial charge in [0, 0.05) is 0 Å². The molecule has 0 fully saturated rings. The number of amides is 1. The molecule has 170 valence electrons. The molecule has 0 aliphatic carbocycles. The van der Waals surface area contributed by atoms with Crippen molar-refractivity contribution in [1.29, 1.82) is 0 Å². The van der Waals surface area contributed by atoms with Crippen LogP contribution in [0.15, 0.2) is 47.6 Å². The van der Waals surface area contributed by atoms with Crippen LogP contribution in [0.2, 0.25) is 0 Å². The van der Waals surface area contributed by atoms with Gasteiger partial charge >= 0.3 is 0 Å². The average Bonchev–Trinajstić information content (AvgIpc) is 3.16. The molecular weight excluding hydrogens is 439 g/mol. The van der Waals surface area contributed by atoms with Crippen molar-refractivity contribution < 1.29 is 18.0 Å². The first kappa shape index (κ1) is 23.8. The van der Waals surface area contributed by atoms with E-state index in [0.717, 1.165) is 41.7 Å². The molecule has 6 nitrogen and oxygen atoms in total. The Morgan fingerprint density at radius 2 is 1.81 bits per heavy atom. The lowest BCUT2D eigenvalue weighted by molar-refractivity contribution is -0.113. The Hall–Kier alpha value is -2.85. The number of nitrogens with one attached hydrogen (secondary N) is 1. The first-order valence-electron chi connectivity index (χ1n) is 10.0. The molecule has 0 unspecified atom stereocenters. The monoisotopic (exact) mass is 463 g/mol. The minimum absolute atomic E-state index is 0.0330. The molecule has 32 heavy (non-hydrogen) atoms. The van der Waals surface area contributed by atoms with Crippen LogP contribution in [0.3, 0.4) is 0 Å². The predicted octanol–water partition coefficient (Wildman–Crippen LogP) is 4.49. The standard InChI is InChI=1S/C22H24F3N5OS/c1-4-17(29(2)3)21-27-28-22(30(21)12-14-8-6-5-7-9-14)32-13-18(31)26-16-11-10-15(23)19(24)20(16)25/h5-11,17H,4,12-13H2,1-3H3,(H,26,31)/t17-/m1/s1. The zero-order chi connectivity index (χ0) is 23.3. The van der Waals surface area contributed by atoms with Crippen LogP contribution >= 0.6 is 11.8 Å². The van der Waals surface area contributed by atoms with Gasteiger partial charge in [-0.3, -0.25) is 9.69 Å². The maximum Gasteiger partial charge on any atom is 0.234 e. The third-order valence-corrected chi connectivity index (χ3v) is 5.85. The molecule has 0 saturated carbocycles. The Morgan fingerprint density at radius 3 is 2.47 bits per heavy atom. The van der Waals surface area contributed by atoms with Gasteiger partial charge in [0.2, 0.25) is 5.91 Å². The van der Waals surface area contributed by atoms with Crippen molar-refractivity contribution in [3.63, 3.8) is 0 Å². The molecule has 1 amide bonds. The number of halogens is 3. The van der Waals surface area contributed by atoms with Crippen molar-refractivity contribution in [1.82, 2.24) is 19.7 Å². The van der Waals surface area contributed by atoms with Gasteiger partial charge in [-0.1, -0.05) is 49.0 Å². The molecule has 2 aromatic carbocycles. The molecule has 3 rings (SSSR count). The zero-order valence-electron chi connectivity index (χ0n) is 18.0. The minimum Gasteiger partial charge on any atom is -0.323 e. The fourth-order valence-corrected chi connectivity index (χ4v) is 4.03. The highest BCUT2D eigenvalue weighted by Gasteiger charge is 2.23. The molecule has 1 aromatic heterocycles. The van der Waals surface area contributed by atoms with Crippen LogP contribution < -0.4 is 5.32 Å². The summed E-state index contributed by atoms with van der Waals surface area (Å²) >= 11 is 1.14. The van der Waals surface area contributed by atoms with Crippen molar-refractivity contribution in [2.24, 2.45) is 0 Å². The number of carbonyl (C=O) groups excluding carboxylic acids is 1. The van der Waals surface area contributed by atoms with E-state index in [1.165, 1.54) is 0 Å². The Balaban J connectivity index is 1.79. The van der Waals surface area contributed by atoms with E-state index in [1.807, 2.05) is 49.0 Å². The maximum absolute atomic E-state index is 13.8. The number of carbonyl (C=O) groups is 1. The summed E-state index contributed by atoms with van der Waals surface area (Å²) in [6.45, 7) is 2.58. The number of aromatic nitrogens is 3. The summed E-state index contributed by atoms with van der Waals surface area (Å²) < 4.78 is 42.3. The van der Waals surface area contributed by atoms with Gasteiger partial charge in [-0.15, -0.1) is 10.2 Å². The van der Waals surface area contributed by atoms with Gasteiger partial charge in [-0.25, -0.2) is 13.2 Å². The molecule has 0 bridgehead atoms. The molecule has 1 heterocycles. The van der Waals surface area contributed by atoms with E-state index >= 15 is 0 Å². The predicted molar refractivity (Wildman–Crippen MR) is 118 cm³/mol. The van der Waals surface area contributed by atoms with Gasteiger partial charge in [0.05, 0.1) is 24.0 Å². The Kier molecular flexibility index (Phi) is 7.92. The summed E-state index contributed by atoms with van der Waals surface area (Å²) in [7, 11) is 3.93. The SMILES string of the molecule is CC[C@H](c1nnc(SCC(=O)Nc2ccc(F)c(F)c2F)n1Cc1ccccc1)N(C)C. The second-order valence-electron chi connectivity index (χ2n) is 7.36. The lowest BCUT2D eigenvalue weighted by Crippen LogP contribution is -2.23. The average molecular weight is 464 g/mol. The van der Waals surface area contributed by atoms with E-state index < -0.39 is 29.0 Å². The molecular formula is C22H24F3N5OS. The van der Waals surface area contributed by atoms with Crippen LogP contribution in [0.1, 0.15) is 30.8 Å². The van der Waals surface area contributed by atoms with Gasteiger partial charge in [0.1, 0.15) is 0 Å². The molecule has 10 heteroatoms. The summed E-state index contributed by atoms with van der Waals surface area (Å²) in [4.78, 5) is 14.4. The van der Waals surface area contributed by atoms with Crippen molar-refractivity contribution in [2.75, 3.05) is 25.2 Å². The third kappa shape index (κ3) is 5.49. The molecule has 3 aromatic rings. The van der Waals surface area contributed by atoms with Gasteiger partial charge in [-0.05, 0) is 38.2 Å². The molecule has 0 aliphatic rings. The van der Waals surface area contributed by atoms with E-state index in [0.29, 0.717) is 11.7 Å². The largest absolute Gasteiger partial charge is 0.323 e. The zero-order valence-corrected chi connectivity index (χ0v) is 18.8. The van der Waals surface area contributed by atoms with E-state index in [1.54, 1.807) is 0 Å². The first-order valence-corrected chi connectivity index (χ1v) is 11.0. The summed E-state index contributed by atoms with van der Waals surface area (Å²) in [5.41, 5.74) is 0.636. The van der Waals surface area contributed by atoms with E-state index in [9.17, 15) is 18.0 Å².